The van der Waals surface area contributed by atoms with Gasteiger partial charge in [-0.15, -0.1) is 0 Å². The highest BCUT2D eigenvalue weighted by atomic mass is 19.4. The van der Waals surface area contributed by atoms with E-state index in [1.165, 1.54) is 24.3 Å². The molecule has 196 valence electrons. The second-order valence-electron chi connectivity index (χ2n) is 9.42. The number of nitrogens with zero attached hydrogens (tertiary/aromatic N) is 2. The SMILES string of the molecule is CC(Nc1nc(Nc2cccc3c2CC(O)CC3)cc(-c2ccc(C(F)(F)F)cc2)n1)c1ccc(F)cc1. The Balaban J connectivity index is 1.51. The summed E-state index contributed by atoms with van der Waals surface area (Å²) < 4.78 is 52.7. The average molecular weight is 523 g/mol. The number of nitrogens with one attached hydrogen (secondary N) is 2. The van der Waals surface area contributed by atoms with Crippen LogP contribution < -0.4 is 10.6 Å². The standard InChI is InChI=1S/C29H26F4N4O/c1-17(18-7-12-22(30)13-8-18)34-28-36-26(20-5-10-21(11-6-20)29(31,32)33)16-27(37-28)35-25-4-2-3-19-9-14-23(38)15-24(19)25/h2-8,10-13,16-17,23,38H,9,14-15H2,1H3,(H2,34,35,36,37). The zero-order valence-corrected chi connectivity index (χ0v) is 20.6. The molecule has 0 aliphatic heterocycles. The van der Waals surface area contributed by atoms with Crippen LogP contribution in [0.5, 0.6) is 0 Å². The van der Waals surface area contributed by atoms with Gasteiger partial charge in [0.05, 0.1) is 23.4 Å². The van der Waals surface area contributed by atoms with Crippen molar-refractivity contribution in [2.45, 2.75) is 44.5 Å². The van der Waals surface area contributed by atoms with Crippen molar-refractivity contribution >= 4 is 17.5 Å². The molecule has 2 atom stereocenters. The number of alkyl halides is 3. The lowest BCUT2D eigenvalue weighted by molar-refractivity contribution is -0.137. The minimum absolute atomic E-state index is 0.256. The highest BCUT2D eigenvalue weighted by Gasteiger charge is 2.30. The second-order valence-corrected chi connectivity index (χ2v) is 9.42. The Hall–Kier alpha value is -3.98. The zero-order valence-electron chi connectivity index (χ0n) is 20.6. The number of aryl methyl sites for hydroxylation is 1. The Kier molecular flexibility index (Phi) is 7.03. The Morgan fingerprint density at radius 1 is 0.974 bits per heavy atom. The van der Waals surface area contributed by atoms with Crippen LogP contribution in [0.1, 0.15) is 41.6 Å². The van der Waals surface area contributed by atoms with Gasteiger partial charge in [0.2, 0.25) is 5.95 Å². The van der Waals surface area contributed by atoms with Crippen molar-refractivity contribution in [1.82, 2.24) is 9.97 Å². The van der Waals surface area contributed by atoms with Gasteiger partial charge in [-0.1, -0.05) is 36.4 Å². The van der Waals surface area contributed by atoms with Gasteiger partial charge in [0.25, 0.3) is 0 Å². The second kappa shape index (κ2) is 10.4. The third-order valence-corrected chi connectivity index (χ3v) is 6.67. The number of aliphatic hydroxyl groups is 1. The molecule has 1 heterocycles. The minimum atomic E-state index is -4.44. The molecule has 4 aromatic rings. The quantitative estimate of drug-likeness (QED) is 0.236. The molecule has 0 saturated carbocycles. The molecule has 0 radical (unpaired) electrons. The number of rotatable bonds is 6. The van der Waals surface area contributed by atoms with Gasteiger partial charge in [0.15, 0.2) is 0 Å². The number of fused-ring (bicyclic) bond motifs is 1. The van der Waals surface area contributed by atoms with E-state index in [1.54, 1.807) is 18.2 Å². The van der Waals surface area contributed by atoms with Crippen molar-refractivity contribution in [3.8, 4) is 11.3 Å². The number of aliphatic hydroxyl groups excluding tert-OH is 1. The van der Waals surface area contributed by atoms with E-state index in [2.05, 4.69) is 20.6 Å². The number of anilines is 3. The molecule has 9 heteroatoms. The van der Waals surface area contributed by atoms with E-state index < -0.39 is 17.8 Å². The summed E-state index contributed by atoms with van der Waals surface area (Å²) >= 11 is 0. The molecule has 2 unspecified atom stereocenters. The van der Waals surface area contributed by atoms with Gasteiger partial charge in [-0.25, -0.2) is 9.37 Å². The Labute approximate surface area is 217 Å². The minimum Gasteiger partial charge on any atom is -0.393 e. The van der Waals surface area contributed by atoms with Gasteiger partial charge < -0.3 is 15.7 Å². The van der Waals surface area contributed by atoms with Gasteiger partial charge >= 0.3 is 6.18 Å². The van der Waals surface area contributed by atoms with Crippen LogP contribution in [-0.4, -0.2) is 21.2 Å². The van der Waals surface area contributed by atoms with Crippen molar-refractivity contribution in [3.63, 3.8) is 0 Å². The topological polar surface area (TPSA) is 70.1 Å². The molecule has 1 aliphatic carbocycles. The number of aromatic nitrogens is 2. The third-order valence-electron chi connectivity index (χ3n) is 6.67. The highest BCUT2D eigenvalue weighted by Crippen LogP contribution is 2.33. The first-order valence-corrected chi connectivity index (χ1v) is 12.3. The largest absolute Gasteiger partial charge is 0.416 e. The molecule has 0 saturated heterocycles. The van der Waals surface area contributed by atoms with E-state index in [0.717, 1.165) is 40.9 Å². The summed E-state index contributed by atoms with van der Waals surface area (Å²) in [7, 11) is 0. The van der Waals surface area contributed by atoms with Crippen molar-refractivity contribution in [2.24, 2.45) is 0 Å². The predicted octanol–water partition coefficient (Wildman–Crippen LogP) is 7.07. The lowest BCUT2D eigenvalue weighted by atomic mass is 9.88. The number of hydrogen-bond donors (Lipinski definition) is 3. The van der Waals surface area contributed by atoms with Gasteiger partial charge in [-0.2, -0.15) is 18.2 Å². The first kappa shape index (κ1) is 25.7. The van der Waals surface area contributed by atoms with Gasteiger partial charge in [-0.3, -0.25) is 0 Å². The molecule has 3 aromatic carbocycles. The van der Waals surface area contributed by atoms with E-state index in [1.807, 2.05) is 25.1 Å². The lowest BCUT2D eigenvalue weighted by Crippen LogP contribution is -2.19. The molecule has 0 bridgehead atoms. The molecule has 3 N–H and O–H groups in total. The zero-order chi connectivity index (χ0) is 26.9. The maximum atomic E-state index is 13.4. The Morgan fingerprint density at radius 2 is 1.71 bits per heavy atom. The first-order valence-electron chi connectivity index (χ1n) is 12.3. The van der Waals surface area contributed by atoms with Gasteiger partial charge in [-0.05, 0) is 66.8 Å². The fourth-order valence-electron chi connectivity index (χ4n) is 4.61. The lowest BCUT2D eigenvalue weighted by Gasteiger charge is -2.24. The molecular formula is C29H26F4N4O. The van der Waals surface area contributed by atoms with E-state index >= 15 is 0 Å². The number of benzene rings is 3. The monoisotopic (exact) mass is 522 g/mol. The summed E-state index contributed by atoms with van der Waals surface area (Å²) in [6, 6.07) is 18.1. The van der Waals surface area contributed by atoms with Crippen molar-refractivity contribution in [3.05, 3.63) is 101 Å². The van der Waals surface area contributed by atoms with E-state index in [9.17, 15) is 22.7 Å². The van der Waals surface area contributed by atoms with Crippen LogP contribution in [0.2, 0.25) is 0 Å². The molecular weight excluding hydrogens is 496 g/mol. The summed E-state index contributed by atoms with van der Waals surface area (Å²) in [6.07, 6.45) is -2.87. The summed E-state index contributed by atoms with van der Waals surface area (Å²) in [6.45, 7) is 1.88. The molecule has 5 nitrogen and oxygen atoms in total. The van der Waals surface area contributed by atoms with Crippen LogP contribution >= 0.6 is 0 Å². The van der Waals surface area contributed by atoms with Crippen LogP contribution in [-0.2, 0) is 19.0 Å². The van der Waals surface area contributed by atoms with Crippen LogP contribution in [0.15, 0.2) is 72.8 Å². The summed E-state index contributed by atoms with van der Waals surface area (Å²) in [5, 5.41) is 16.8. The van der Waals surface area contributed by atoms with Gasteiger partial charge in [0, 0.05) is 23.7 Å². The normalized spacial score (nSPS) is 16.0. The fraction of sp³-hybridized carbons (Fsp3) is 0.241. The van der Waals surface area contributed by atoms with Crippen LogP contribution in [0.4, 0.5) is 35.0 Å². The average Bonchev–Trinajstić information content (AvgIpc) is 2.89. The highest BCUT2D eigenvalue weighted by molar-refractivity contribution is 5.70. The maximum absolute atomic E-state index is 13.4. The Morgan fingerprint density at radius 3 is 2.42 bits per heavy atom. The van der Waals surface area contributed by atoms with Crippen molar-refractivity contribution in [1.29, 1.82) is 0 Å². The van der Waals surface area contributed by atoms with Crippen LogP contribution in [0.25, 0.3) is 11.3 Å². The number of hydrogen-bond acceptors (Lipinski definition) is 5. The van der Waals surface area contributed by atoms with Crippen molar-refractivity contribution < 1.29 is 22.7 Å². The fourth-order valence-corrected chi connectivity index (χ4v) is 4.61. The summed E-state index contributed by atoms with van der Waals surface area (Å²) in [5.41, 5.74) is 3.95. The summed E-state index contributed by atoms with van der Waals surface area (Å²) in [5.74, 6) is 0.355. The predicted molar refractivity (Wildman–Crippen MR) is 139 cm³/mol. The maximum Gasteiger partial charge on any atom is 0.416 e. The molecule has 0 spiro atoms. The molecule has 5 rings (SSSR count). The summed E-state index contributed by atoms with van der Waals surface area (Å²) in [4.78, 5) is 9.17. The molecule has 38 heavy (non-hydrogen) atoms. The molecule has 1 aliphatic rings. The first-order chi connectivity index (χ1) is 18.2. The third kappa shape index (κ3) is 5.78. The van der Waals surface area contributed by atoms with E-state index in [4.69, 9.17) is 0 Å². The smallest absolute Gasteiger partial charge is 0.393 e. The number of halogens is 4. The molecule has 1 aromatic heterocycles. The van der Waals surface area contributed by atoms with Crippen molar-refractivity contribution in [2.75, 3.05) is 10.6 Å². The van der Waals surface area contributed by atoms with E-state index in [-0.39, 0.29) is 17.8 Å². The van der Waals surface area contributed by atoms with Gasteiger partial charge in [0.1, 0.15) is 11.6 Å². The Bertz CT molecular complexity index is 1420. The molecule has 0 fully saturated rings. The van der Waals surface area contributed by atoms with Crippen LogP contribution in [0.3, 0.4) is 0 Å². The molecule has 0 amide bonds. The van der Waals surface area contributed by atoms with E-state index in [0.29, 0.717) is 29.9 Å². The van der Waals surface area contributed by atoms with Crippen LogP contribution in [0, 0.1) is 5.82 Å².